The average molecular weight is 167 g/mol. The van der Waals surface area contributed by atoms with Crippen LogP contribution in [-0.4, -0.2) is 23.8 Å². The second kappa shape index (κ2) is 4.49. The highest BCUT2D eigenvalue weighted by atomic mass is 16.3. The Balaban J connectivity index is 2.29. The van der Waals surface area contributed by atoms with Crippen LogP contribution in [0.1, 0.15) is 32.6 Å². The fourth-order valence-electron chi connectivity index (χ4n) is 1.59. The minimum Gasteiger partial charge on any atom is -0.389 e. The molecule has 12 heavy (non-hydrogen) atoms. The van der Waals surface area contributed by atoms with E-state index in [9.17, 15) is 5.11 Å². The number of hydrogen-bond donors (Lipinski definition) is 2. The van der Waals surface area contributed by atoms with Crippen molar-refractivity contribution in [2.45, 2.75) is 38.2 Å². The zero-order valence-corrected chi connectivity index (χ0v) is 7.69. The first-order valence-corrected chi connectivity index (χ1v) is 4.59. The van der Waals surface area contributed by atoms with Crippen molar-refractivity contribution in [2.75, 3.05) is 13.1 Å². The van der Waals surface area contributed by atoms with Crippen LogP contribution in [0.15, 0.2) is 0 Å². The Hall–Kier alpha value is -0.520. The van der Waals surface area contributed by atoms with Crippen molar-refractivity contribution in [3.8, 4) is 11.8 Å². The van der Waals surface area contributed by atoms with Crippen molar-refractivity contribution in [2.24, 2.45) is 0 Å². The summed E-state index contributed by atoms with van der Waals surface area (Å²) in [6.07, 6.45) is 3.62. The third-order valence-electron chi connectivity index (χ3n) is 2.34. The van der Waals surface area contributed by atoms with Gasteiger partial charge in [-0.3, -0.25) is 0 Å². The zero-order valence-electron chi connectivity index (χ0n) is 7.69. The van der Waals surface area contributed by atoms with E-state index in [0.717, 1.165) is 38.8 Å². The van der Waals surface area contributed by atoms with Gasteiger partial charge in [-0.1, -0.05) is 0 Å². The first-order chi connectivity index (χ1) is 5.77. The number of rotatable bonds is 2. The quantitative estimate of drug-likeness (QED) is 0.599. The fraction of sp³-hybridized carbons (Fsp3) is 0.800. The minimum atomic E-state index is -0.484. The SMILES string of the molecule is CC#CCCC1(O)CCCNC1. The molecule has 2 nitrogen and oxygen atoms in total. The van der Waals surface area contributed by atoms with Gasteiger partial charge < -0.3 is 10.4 Å². The third kappa shape index (κ3) is 2.84. The molecule has 0 aromatic heterocycles. The van der Waals surface area contributed by atoms with Gasteiger partial charge in [0.2, 0.25) is 0 Å². The van der Waals surface area contributed by atoms with E-state index in [4.69, 9.17) is 0 Å². The van der Waals surface area contributed by atoms with Gasteiger partial charge in [-0.15, -0.1) is 11.8 Å². The lowest BCUT2D eigenvalue weighted by molar-refractivity contribution is 0.00996. The van der Waals surface area contributed by atoms with Crippen molar-refractivity contribution in [1.29, 1.82) is 0 Å². The van der Waals surface area contributed by atoms with Crippen molar-refractivity contribution < 1.29 is 5.11 Å². The van der Waals surface area contributed by atoms with E-state index >= 15 is 0 Å². The molecule has 0 aromatic rings. The summed E-state index contributed by atoms with van der Waals surface area (Å²) < 4.78 is 0. The molecule has 0 radical (unpaired) electrons. The van der Waals surface area contributed by atoms with Crippen molar-refractivity contribution in [3.63, 3.8) is 0 Å². The van der Waals surface area contributed by atoms with Gasteiger partial charge in [-0.2, -0.15) is 0 Å². The predicted octanol–water partition coefficient (Wildman–Crippen LogP) is 0.904. The van der Waals surface area contributed by atoms with E-state index in [0.29, 0.717) is 0 Å². The molecule has 2 N–H and O–H groups in total. The first-order valence-electron chi connectivity index (χ1n) is 4.59. The van der Waals surface area contributed by atoms with Crippen molar-refractivity contribution in [3.05, 3.63) is 0 Å². The van der Waals surface area contributed by atoms with E-state index in [1.54, 1.807) is 0 Å². The highest BCUT2D eigenvalue weighted by Gasteiger charge is 2.27. The summed E-state index contributed by atoms with van der Waals surface area (Å²) >= 11 is 0. The summed E-state index contributed by atoms with van der Waals surface area (Å²) in [7, 11) is 0. The van der Waals surface area contributed by atoms with Gasteiger partial charge in [0, 0.05) is 13.0 Å². The van der Waals surface area contributed by atoms with E-state index < -0.39 is 5.60 Å². The minimum absolute atomic E-state index is 0.484. The molecule has 1 aliphatic heterocycles. The molecule has 2 heteroatoms. The predicted molar refractivity (Wildman–Crippen MR) is 49.7 cm³/mol. The molecule has 68 valence electrons. The van der Waals surface area contributed by atoms with Crippen LogP contribution in [0.25, 0.3) is 0 Å². The topological polar surface area (TPSA) is 32.3 Å². The molecule has 0 amide bonds. The molecule has 1 saturated heterocycles. The van der Waals surface area contributed by atoms with Gasteiger partial charge in [0.25, 0.3) is 0 Å². The van der Waals surface area contributed by atoms with Crippen LogP contribution >= 0.6 is 0 Å². The molecule has 1 unspecified atom stereocenters. The molecule has 0 saturated carbocycles. The van der Waals surface area contributed by atoms with Crippen LogP contribution in [0, 0.1) is 11.8 Å². The molecule has 0 aromatic carbocycles. The molecule has 1 atom stereocenters. The Morgan fingerprint density at radius 2 is 2.42 bits per heavy atom. The normalized spacial score (nSPS) is 29.2. The van der Waals surface area contributed by atoms with Crippen LogP contribution < -0.4 is 5.32 Å². The zero-order chi connectivity index (χ0) is 8.86. The number of hydrogen-bond acceptors (Lipinski definition) is 2. The van der Waals surface area contributed by atoms with E-state index in [1.165, 1.54) is 0 Å². The molecule has 1 rings (SSSR count). The molecule has 1 fully saturated rings. The summed E-state index contributed by atoms with van der Waals surface area (Å²) in [6, 6.07) is 0. The van der Waals surface area contributed by atoms with Crippen molar-refractivity contribution in [1.82, 2.24) is 5.32 Å². The lowest BCUT2D eigenvalue weighted by Crippen LogP contribution is -2.45. The largest absolute Gasteiger partial charge is 0.389 e. The fourth-order valence-corrected chi connectivity index (χ4v) is 1.59. The molecular formula is C10H17NO. The second-order valence-corrected chi connectivity index (χ2v) is 3.43. The lowest BCUT2D eigenvalue weighted by atomic mass is 9.90. The van der Waals surface area contributed by atoms with Crippen molar-refractivity contribution >= 4 is 0 Å². The van der Waals surface area contributed by atoms with Gasteiger partial charge in [0.05, 0.1) is 5.60 Å². The van der Waals surface area contributed by atoms with Gasteiger partial charge in [-0.05, 0) is 32.7 Å². The highest BCUT2D eigenvalue weighted by molar-refractivity contribution is 4.98. The summed E-state index contributed by atoms with van der Waals surface area (Å²) in [5.41, 5.74) is -0.484. The van der Waals surface area contributed by atoms with Crippen LogP contribution in [0.3, 0.4) is 0 Å². The number of β-amino-alcohol motifs (C(OH)–C–C–N with tert-alkyl or cyclic N) is 1. The summed E-state index contributed by atoms with van der Waals surface area (Å²) in [4.78, 5) is 0. The average Bonchev–Trinajstić information content (AvgIpc) is 2.06. The number of nitrogens with one attached hydrogen (secondary N) is 1. The Kier molecular flexibility index (Phi) is 3.58. The van der Waals surface area contributed by atoms with E-state index in [2.05, 4.69) is 17.2 Å². The molecular weight excluding hydrogens is 150 g/mol. The molecule has 0 aliphatic carbocycles. The Morgan fingerprint density at radius 3 is 3.00 bits per heavy atom. The second-order valence-electron chi connectivity index (χ2n) is 3.43. The molecule has 0 spiro atoms. The van der Waals surface area contributed by atoms with E-state index in [1.807, 2.05) is 6.92 Å². The van der Waals surface area contributed by atoms with Gasteiger partial charge in [-0.25, -0.2) is 0 Å². The molecule has 0 bridgehead atoms. The summed E-state index contributed by atoms with van der Waals surface area (Å²) in [5, 5.41) is 13.2. The Morgan fingerprint density at radius 1 is 1.58 bits per heavy atom. The van der Waals surface area contributed by atoms with Crippen LogP contribution in [0.4, 0.5) is 0 Å². The molecule has 1 heterocycles. The lowest BCUT2D eigenvalue weighted by Gasteiger charge is -2.32. The first kappa shape index (κ1) is 9.57. The van der Waals surface area contributed by atoms with Gasteiger partial charge >= 0.3 is 0 Å². The van der Waals surface area contributed by atoms with Crippen LogP contribution in [0.2, 0.25) is 0 Å². The Labute approximate surface area is 74.4 Å². The maximum absolute atomic E-state index is 9.97. The smallest absolute Gasteiger partial charge is 0.0781 e. The Bertz CT molecular complexity index is 184. The number of piperidine rings is 1. The van der Waals surface area contributed by atoms with Crippen LogP contribution in [-0.2, 0) is 0 Å². The third-order valence-corrected chi connectivity index (χ3v) is 2.34. The molecule has 1 aliphatic rings. The summed E-state index contributed by atoms with van der Waals surface area (Å²) in [6.45, 7) is 3.61. The van der Waals surface area contributed by atoms with Gasteiger partial charge in [0.1, 0.15) is 0 Å². The number of aliphatic hydroxyl groups is 1. The standard InChI is InChI=1S/C10H17NO/c1-2-3-4-6-10(12)7-5-8-11-9-10/h11-12H,4-9H2,1H3. The van der Waals surface area contributed by atoms with E-state index in [-0.39, 0.29) is 0 Å². The van der Waals surface area contributed by atoms with Gasteiger partial charge in [0.15, 0.2) is 0 Å². The maximum atomic E-state index is 9.97. The monoisotopic (exact) mass is 167 g/mol. The highest BCUT2D eigenvalue weighted by Crippen LogP contribution is 2.20. The van der Waals surface area contributed by atoms with Crippen LogP contribution in [0.5, 0.6) is 0 Å². The maximum Gasteiger partial charge on any atom is 0.0781 e. The summed E-state index contributed by atoms with van der Waals surface area (Å²) in [5.74, 6) is 5.83.